The number of halogens is 1. The summed E-state index contributed by atoms with van der Waals surface area (Å²) in [4.78, 5) is 6.82. The molecule has 0 aliphatic rings. The van der Waals surface area contributed by atoms with Gasteiger partial charge in [-0.15, -0.1) is 24.0 Å². The third-order valence-electron chi connectivity index (χ3n) is 4.17. The maximum atomic E-state index is 12.1. The molecule has 0 aromatic heterocycles. The molecule has 0 bridgehead atoms. The molecule has 0 unspecified atom stereocenters. The SMILES string of the molecule is CCNC(=NCc1ccc(CS(=O)(=O)NC(C)C)cc1)N(C)Cc1ccccc1.I. The molecule has 0 saturated heterocycles. The van der Waals surface area contributed by atoms with Gasteiger partial charge in [0.05, 0.1) is 12.3 Å². The number of nitrogens with one attached hydrogen (secondary N) is 2. The maximum Gasteiger partial charge on any atom is 0.216 e. The molecule has 2 aromatic rings. The van der Waals surface area contributed by atoms with Crippen LogP contribution in [0.4, 0.5) is 0 Å². The molecule has 8 heteroatoms. The maximum absolute atomic E-state index is 12.1. The summed E-state index contributed by atoms with van der Waals surface area (Å²) in [5.74, 6) is 0.820. The molecule has 2 aromatic carbocycles. The van der Waals surface area contributed by atoms with E-state index in [1.807, 2.05) is 70.3 Å². The zero-order chi connectivity index (χ0) is 21.3. The number of hydrogen-bond donors (Lipinski definition) is 2. The summed E-state index contributed by atoms with van der Waals surface area (Å²) in [6.45, 7) is 7.76. The van der Waals surface area contributed by atoms with Crippen LogP contribution in [0.25, 0.3) is 0 Å². The highest BCUT2D eigenvalue weighted by atomic mass is 127. The van der Waals surface area contributed by atoms with Gasteiger partial charge in [0, 0.05) is 26.2 Å². The Bertz CT molecular complexity index is 885. The lowest BCUT2D eigenvalue weighted by Crippen LogP contribution is -2.38. The van der Waals surface area contributed by atoms with Crippen molar-refractivity contribution in [3.8, 4) is 0 Å². The largest absolute Gasteiger partial charge is 0.357 e. The van der Waals surface area contributed by atoms with Gasteiger partial charge in [-0.3, -0.25) is 0 Å². The van der Waals surface area contributed by atoms with E-state index >= 15 is 0 Å². The molecule has 6 nitrogen and oxygen atoms in total. The van der Waals surface area contributed by atoms with Crippen molar-refractivity contribution >= 4 is 40.0 Å². The molecule has 2 rings (SSSR count). The van der Waals surface area contributed by atoms with Crippen LogP contribution in [0.1, 0.15) is 37.5 Å². The number of benzene rings is 2. The van der Waals surface area contributed by atoms with Crippen LogP contribution < -0.4 is 10.0 Å². The van der Waals surface area contributed by atoms with Gasteiger partial charge in [0.25, 0.3) is 0 Å². The molecular formula is C22H33IN4O2S. The van der Waals surface area contributed by atoms with Crippen LogP contribution >= 0.6 is 24.0 Å². The van der Waals surface area contributed by atoms with Crippen molar-refractivity contribution in [1.82, 2.24) is 14.9 Å². The molecule has 0 aliphatic heterocycles. The molecule has 0 amide bonds. The van der Waals surface area contributed by atoms with Crippen molar-refractivity contribution in [2.45, 2.75) is 45.7 Å². The van der Waals surface area contributed by atoms with E-state index in [1.54, 1.807) is 0 Å². The minimum Gasteiger partial charge on any atom is -0.357 e. The third kappa shape index (κ3) is 9.44. The lowest BCUT2D eigenvalue weighted by atomic mass is 10.1. The lowest BCUT2D eigenvalue weighted by Gasteiger charge is -2.22. The van der Waals surface area contributed by atoms with Gasteiger partial charge in [-0.05, 0) is 37.5 Å². The Balaban J connectivity index is 0.00000450. The molecular weight excluding hydrogens is 511 g/mol. The van der Waals surface area contributed by atoms with E-state index in [4.69, 9.17) is 4.99 Å². The molecule has 30 heavy (non-hydrogen) atoms. The van der Waals surface area contributed by atoms with Gasteiger partial charge in [-0.2, -0.15) is 0 Å². The first kappa shape index (κ1) is 26.4. The monoisotopic (exact) mass is 544 g/mol. The first-order chi connectivity index (χ1) is 13.8. The topological polar surface area (TPSA) is 73.8 Å². The molecule has 2 N–H and O–H groups in total. The van der Waals surface area contributed by atoms with Crippen LogP contribution in [-0.4, -0.2) is 38.9 Å². The number of aliphatic imine (C=N–C) groups is 1. The summed E-state index contributed by atoms with van der Waals surface area (Å²) in [5.41, 5.74) is 3.02. The number of sulfonamides is 1. The van der Waals surface area contributed by atoms with Crippen molar-refractivity contribution in [2.75, 3.05) is 13.6 Å². The van der Waals surface area contributed by atoms with E-state index < -0.39 is 10.0 Å². The second-order valence-corrected chi connectivity index (χ2v) is 9.11. The average molecular weight is 545 g/mol. The molecule has 0 heterocycles. The number of guanidine groups is 1. The summed E-state index contributed by atoms with van der Waals surface area (Å²) in [6, 6.07) is 17.7. The fraction of sp³-hybridized carbons (Fsp3) is 0.409. The lowest BCUT2D eigenvalue weighted by molar-refractivity contribution is 0.477. The Labute approximate surface area is 198 Å². The van der Waals surface area contributed by atoms with Gasteiger partial charge in [-0.25, -0.2) is 18.1 Å². The van der Waals surface area contributed by atoms with Gasteiger partial charge < -0.3 is 10.2 Å². The predicted octanol–water partition coefficient (Wildman–Crippen LogP) is 3.73. The van der Waals surface area contributed by atoms with Gasteiger partial charge in [0.15, 0.2) is 5.96 Å². The minimum absolute atomic E-state index is 0. The Morgan fingerprint density at radius 2 is 1.60 bits per heavy atom. The van der Waals surface area contributed by atoms with Crippen molar-refractivity contribution < 1.29 is 8.42 Å². The Kier molecular flexibility index (Phi) is 11.4. The Morgan fingerprint density at radius 3 is 2.17 bits per heavy atom. The zero-order valence-electron chi connectivity index (χ0n) is 18.1. The Morgan fingerprint density at radius 1 is 1.00 bits per heavy atom. The van der Waals surface area contributed by atoms with Crippen molar-refractivity contribution in [2.24, 2.45) is 4.99 Å². The standard InChI is InChI=1S/C22H32N4O2S.HI/c1-5-23-22(26(4)16-20-9-7-6-8-10-20)24-15-19-11-13-21(14-12-19)17-29(27,28)25-18(2)3;/h6-14,18,25H,5,15-17H2,1-4H3,(H,23,24);1H. The van der Waals surface area contributed by atoms with Gasteiger partial charge in [0.1, 0.15) is 0 Å². The smallest absolute Gasteiger partial charge is 0.216 e. The highest BCUT2D eigenvalue weighted by molar-refractivity contribution is 14.0. The highest BCUT2D eigenvalue weighted by Crippen LogP contribution is 2.10. The van der Waals surface area contributed by atoms with Crippen molar-refractivity contribution in [1.29, 1.82) is 0 Å². The van der Waals surface area contributed by atoms with Crippen LogP contribution in [-0.2, 0) is 28.9 Å². The van der Waals surface area contributed by atoms with Crippen LogP contribution in [0.2, 0.25) is 0 Å². The fourth-order valence-electron chi connectivity index (χ4n) is 2.93. The first-order valence-corrected chi connectivity index (χ1v) is 11.6. The minimum atomic E-state index is -3.32. The quantitative estimate of drug-likeness (QED) is 0.287. The summed E-state index contributed by atoms with van der Waals surface area (Å²) in [6.07, 6.45) is 0. The number of nitrogens with zero attached hydrogens (tertiary/aromatic N) is 2. The predicted molar refractivity (Wildman–Crippen MR) is 135 cm³/mol. The van der Waals surface area contributed by atoms with Crippen LogP contribution in [0, 0.1) is 0 Å². The van der Waals surface area contributed by atoms with E-state index in [0.29, 0.717) is 6.54 Å². The Hall–Kier alpha value is -1.65. The first-order valence-electron chi connectivity index (χ1n) is 9.90. The normalized spacial score (nSPS) is 11.8. The molecule has 0 atom stereocenters. The zero-order valence-corrected chi connectivity index (χ0v) is 21.3. The van der Waals surface area contributed by atoms with E-state index in [0.717, 1.165) is 30.2 Å². The summed E-state index contributed by atoms with van der Waals surface area (Å²) < 4.78 is 26.7. The molecule has 0 saturated carbocycles. The van der Waals surface area contributed by atoms with E-state index in [-0.39, 0.29) is 35.8 Å². The third-order valence-corrected chi connectivity index (χ3v) is 5.71. The second kappa shape index (κ2) is 12.9. The summed E-state index contributed by atoms with van der Waals surface area (Å²) in [7, 11) is -1.30. The van der Waals surface area contributed by atoms with Crippen molar-refractivity contribution in [3.05, 3.63) is 71.3 Å². The van der Waals surface area contributed by atoms with Crippen LogP contribution in [0.5, 0.6) is 0 Å². The van der Waals surface area contributed by atoms with E-state index in [1.165, 1.54) is 5.56 Å². The molecule has 0 fully saturated rings. The number of hydrogen-bond acceptors (Lipinski definition) is 3. The highest BCUT2D eigenvalue weighted by Gasteiger charge is 2.13. The fourth-order valence-corrected chi connectivity index (χ4v) is 4.36. The second-order valence-electron chi connectivity index (χ2n) is 7.36. The average Bonchev–Trinajstić information content (AvgIpc) is 2.65. The van der Waals surface area contributed by atoms with Gasteiger partial charge >= 0.3 is 0 Å². The molecule has 166 valence electrons. The van der Waals surface area contributed by atoms with Crippen molar-refractivity contribution in [3.63, 3.8) is 0 Å². The molecule has 0 radical (unpaired) electrons. The van der Waals surface area contributed by atoms with E-state index in [2.05, 4.69) is 27.1 Å². The van der Waals surface area contributed by atoms with Gasteiger partial charge in [0.2, 0.25) is 10.0 Å². The molecule has 0 spiro atoms. The summed E-state index contributed by atoms with van der Waals surface area (Å²) in [5, 5.41) is 3.32. The summed E-state index contributed by atoms with van der Waals surface area (Å²) >= 11 is 0. The number of rotatable bonds is 9. The van der Waals surface area contributed by atoms with Gasteiger partial charge in [-0.1, -0.05) is 54.6 Å². The van der Waals surface area contributed by atoms with E-state index in [9.17, 15) is 8.42 Å². The van der Waals surface area contributed by atoms with Crippen LogP contribution in [0.3, 0.4) is 0 Å². The van der Waals surface area contributed by atoms with Crippen LogP contribution in [0.15, 0.2) is 59.6 Å². The molecule has 0 aliphatic carbocycles.